The van der Waals surface area contributed by atoms with Gasteiger partial charge in [0.2, 0.25) is 5.91 Å². The van der Waals surface area contributed by atoms with Crippen molar-refractivity contribution < 1.29 is 18.0 Å². The summed E-state index contributed by atoms with van der Waals surface area (Å²) in [5.41, 5.74) is 0.133. The predicted molar refractivity (Wildman–Crippen MR) is 87.6 cm³/mol. The summed E-state index contributed by atoms with van der Waals surface area (Å²) < 4.78 is 39.5. The summed E-state index contributed by atoms with van der Waals surface area (Å²) >= 11 is 0. The number of fused-ring (bicyclic) bond motifs is 1. The molecule has 1 amide bonds. The van der Waals surface area contributed by atoms with Crippen LogP contribution in [0.5, 0.6) is 0 Å². The molecule has 0 unspecified atom stereocenters. The lowest BCUT2D eigenvalue weighted by Crippen LogP contribution is -2.21. The van der Waals surface area contributed by atoms with E-state index in [0.29, 0.717) is 17.2 Å². The first-order valence-electron chi connectivity index (χ1n) is 7.40. The van der Waals surface area contributed by atoms with Gasteiger partial charge in [-0.3, -0.25) is 4.79 Å². The van der Waals surface area contributed by atoms with E-state index in [1.165, 1.54) is 6.07 Å². The predicted octanol–water partition coefficient (Wildman–Crippen LogP) is 2.69. The molecule has 134 valence electrons. The molecule has 0 saturated heterocycles. The number of anilines is 2. The molecule has 0 atom stereocenters. The monoisotopic (exact) mass is 362 g/mol. The number of amides is 1. The molecule has 26 heavy (non-hydrogen) atoms. The van der Waals surface area contributed by atoms with Crippen LogP contribution in [0.2, 0.25) is 0 Å². The largest absolute Gasteiger partial charge is 0.417 e. The summed E-state index contributed by atoms with van der Waals surface area (Å²) in [5, 5.41) is 5.45. The highest BCUT2D eigenvalue weighted by atomic mass is 19.4. The quantitative estimate of drug-likeness (QED) is 0.682. The van der Waals surface area contributed by atoms with Gasteiger partial charge in [-0.15, -0.1) is 0 Å². The van der Waals surface area contributed by atoms with Gasteiger partial charge in [0, 0.05) is 24.8 Å². The summed E-state index contributed by atoms with van der Waals surface area (Å²) in [6.45, 7) is 3.51. The third-order valence-corrected chi connectivity index (χ3v) is 3.39. The van der Waals surface area contributed by atoms with Gasteiger partial charge in [-0.2, -0.15) is 13.2 Å². The second-order valence-electron chi connectivity index (χ2n) is 5.22. The minimum absolute atomic E-state index is 0.147. The maximum atomic E-state index is 12.6. The van der Waals surface area contributed by atoms with Crippen LogP contribution in [0.1, 0.15) is 11.3 Å². The average molecular weight is 362 g/mol. The van der Waals surface area contributed by atoms with Crippen molar-refractivity contribution in [1.82, 2.24) is 24.7 Å². The molecule has 0 aliphatic heterocycles. The molecular weight excluding hydrogens is 349 g/mol. The van der Waals surface area contributed by atoms with Crippen molar-refractivity contribution in [3.8, 4) is 0 Å². The summed E-state index contributed by atoms with van der Waals surface area (Å²) in [7, 11) is 0. The molecule has 7 nitrogen and oxygen atoms in total. The topological polar surface area (TPSA) is 84.2 Å². The molecule has 3 heterocycles. The van der Waals surface area contributed by atoms with E-state index in [1.807, 2.05) is 0 Å². The minimum atomic E-state index is -4.45. The van der Waals surface area contributed by atoms with Crippen LogP contribution in [-0.4, -0.2) is 25.3 Å². The number of nitrogens with zero attached hydrogens (tertiary/aromatic N) is 4. The van der Waals surface area contributed by atoms with Crippen LogP contribution >= 0.6 is 0 Å². The van der Waals surface area contributed by atoms with E-state index in [0.717, 1.165) is 18.3 Å². The Morgan fingerprint density at radius 1 is 1.31 bits per heavy atom. The number of hydrogen-bond donors (Lipinski definition) is 2. The van der Waals surface area contributed by atoms with Crippen LogP contribution < -0.4 is 10.6 Å². The Bertz CT molecular complexity index is 949. The van der Waals surface area contributed by atoms with Crippen molar-refractivity contribution in [2.75, 3.05) is 5.32 Å². The van der Waals surface area contributed by atoms with Crippen LogP contribution in [0, 0.1) is 0 Å². The van der Waals surface area contributed by atoms with E-state index in [-0.39, 0.29) is 18.3 Å². The Balaban J connectivity index is 1.87. The molecule has 0 aliphatic rings. The van der Waals surface area contributed by atoms with Crippen LogP contribution in [0.4, 0.5) is 24.8 Å². The van der Waals surface area contributed by atoms with E-state index < -0.39 is 11.7 Å². The standard InChI is InChI=1S/C16H13F3N6O/c1-2-13(26)22-8-11-9-25-6-5-20-15(25)14(23-11)24-12-4-3-10(7-21-12)16(17,18)19/h2-7,9H,1,8H2,(H,22,26)(H,21,23,24). The van der Waals surface area contributed by atoms with Crippen LogP contribution in [0.15, 0.2) is 49.6 Å². The smallest absolute Gasteiger partial charge is 0.347 e. The lowest BCUT2D eigenvalue weighted by Gasteiger charge is -2.11. The van der Waals surface area contributed by atoms with Gasteiger partial charge >= 0.3 is 6.18 Å². The van der Waals surface area contributed by atoms with Gasteiger partial charge in [-0.1, -0.05) is 6.58 Å². The van der Waals surface area contributed by atoms with Crippen LogP contribution in [-0.2, 0) is 17.5 Å². The highest BCUT2D eigenvalue weighted by Crippen LogP contribution is 2.29. The number of alkyl halides is 3. The zero-order valence-electron chi connectivity index (χ0n) is 13.3. The van der Waals surface area contributed by atoms with Crippen LogP contribution in [0.25, 0.3) is 5.65 Å². The van der Waals surface area contributed by atoms with Gasteiger partial charge in [-0.25, -0.2) is 15.0 Å². The van der Waals surface area contributed by atoms with Crippen molar-refractivity contribution in [3.05, 3.63) is 60.8 Å². The Morgan fingerprint density at radius 3 is 2.77 bits per heavy atom. The fourth-order valence-corrected chi connectivity index (χ4v) is 2.16. The Hall–Kier alpha value is -3.43. The highest BCUT2D eigenvalue weighted by molar-refractivity contribution is 5.86. The van der Waals surface area contributed by atoms with Crippen LogP contribution in [0.3, 0.4) is 0 Å². The maximum absolute atomic E-state index is 12.6. The maximum Gasteiger partial charge on any atom is 0.417 e. The SMILES string of the molecule is C=CC(=O)NCc1cn2ccnc2c(Nc2ccc(C(F)(F)F)cn2)n1. The molecule has 3 aromatic heterocycles. The second-order valence-corrected chi connectivity index (χ2v) is 5.22. The number of pyridine rings is 1. The summed E-state index contributed by atoms with van der Waals surface area (Å²) in [5.74, 6) is 0.131. The molecule has 3 aromatic rings. The third kappa shape index (κ3) is 3.79. The van der Waals surface area contributed by atoms with Gasteiger partial charge in [0.15, 0.2) is 11.5 Å². The average Bonchev–Trinajstić information content (AvgIpc) is 3.08. The number of nitrogens with one attached hydrogen (secondary N) is 2. The van der Waals surface area contributed by atoms with E-state index in [4.69, 9.17) is 0 Å². The molecule has 0 radical (unpaired) electrons. The Morgan fingerprint density at radius 2 is 2.12 bits per heavy atom. The molecule has 0 bridgehead atoms. The first-order chi connectivity index (χ1) is 12.4. The molecule has 3 rings (SSSR count). The van der Waals surface area contributed by atoms with Crippen molar-refractivity contribution in [2.24, 2.45) is 0 Å². The first kappa shape index (κ1) is 17.4. The number of hydrogen-bond acceptors (Lipinski definition) is 5. The summed E-state index contributed by atoms with van der Waals surface area (Å²) in [6.07, 6.45) is 2.33. The molecule has 2 N–H and O–H groups in total. The number of imidazole rings is 1. The van der Waals surface area contributed by atoms with E-state index in [2.05, 4.69) is 32.2 Å². The van der Waals surface area contributed by atoms with Crippen molar-refractivity contribution in [3.63, 3.8) is 0 Å². The molecular formula is C16H13F3N6O. The van der Waals surface area contributed by atoms with E-state index >= 15 is 0 Å². The Labute approximate surface area is 145 Å². The third-order valence-electron chi connectivity index (χ3n) is 3.39. The molecule has 0 aromatic carbocycles. The number of carbonyl (C=O) groups excluding carboxylic acids is 1. The molecule has 0 saturated carbocycles. The van der Waals surface area contributed by atoms with Gasteiger partial charge in [0.25, 0.3) is 0 Å². The molecule has 0 aliphatic carbocycles. The van der Waals surface area contributed by atoms with Crippen molar-refractivity contribution in [1.29, 1.82) is 0 Å². The first-order valence-corrected chi connectivity index (χ1v) is 7.40. The van der Waals surface area contributed by atoms with E-state index in [1.54, 1.807) is 23.0 Å². The lowest BCUT2D eigenvalue weighted by atomic mass is 10.3. The fraction of sp³-hybridized carbons (Fsp3) is 0.125. The number of carbonyl (C=O) groups is 1. The molecule has 0 fully saturated rings. The lowest BCUT2D eigenvalue weighted by molar-refractivity contribution is -0.137. The zero-order valence-corrected chi connectivity index (χ0v) is 13.3. The number of aromatic nitrogens is 4. The molecule has 10 heteroatoms. The zero-order chi connectivity index (χ0) is 18.7. The van der Waals surface area contributed by atoms with Gasteiger partial charge in [0.1, 0.15) is 5.82 Å². The van der Waals surface area contributed by atoms with Gasteiger partial charge in [0.05, 0.1) is 17.8 Å². The molecule has 0 spiro atoms. The fourth-order valence-electron chi connectivity index (χ4n) is 2.16. The van der Waals surface area contributed by atoms with Crippen molar-refractivity contribution in [2.45, 2.75) is 12.7 Å². The summed E-state index contributed by atoms with van der Waals surface area (Å²) in [6, 6.07) is 2.13. The van der Waals surface area contributed by atoms with Crippen molar-refractivity contribution >= 4 is 23.2 Å². The van der Waals surface area contributed by atoms with E-state index in [9.17, 15) is 18.0 Å². The number of rotatable bonds is 5. The second kappa shape index (κ2) is 6.82. The highest BCUT2D eigenvalue weighted by Gasteiger charge is 2.30. The van der Waals surface area contributed by atoms with Gasteiger partial charge < -0.3 is 15.0 Å². The van der Waals surface area contributed by atoms with Gasteiger partial charge in [-0.05, 0) is 18.2 Å². The minimum Gasteiger partial charge on any atom is -0.347 e. The number of halogens is 3. The summed E-state index contributed by atoms with van der Waals surface area (Å²) in [4.78, 5) is 23.5. The normalized spacial score (nSPS) is 11.3. The Kier molecular flexibility index (Phi) is 4.57.